The molecule has 51 heavy (non-hydrogen) atoms. The van der Waals surface area contributed by atoms with Gasteiger partial charge in [-0.05, 0) is 107 Å². The summed E-state index contributed by atoms with van der Waals surface area (Å²) in [7, 11) is 0. The van der Waals surface area contributed by atoms with E-state index in [1.807, 2.05) is 0 Å². The number of carbonyl (C=O) groups excluding carboxylic acids is 1. The van der Waals surface area contributed by atoms with Crippen molar-refractivity contribution in [3.8, 4) is 11.1 Å². The fourth-order valence-electron chi connectivity index (χ4n) is 6.36. The molecule has 4 aromatic rings. The summed E-state index contributed by atoms with van der Waals surface area (Å²) in [5.41, 5.74) is 9.65. The number of aliphatic hydroxyl groups excluding tert-OH is 2. The molecule has 2 N–H and O–H groups in total. The lowest BCUT2D eigenvalue weighted by Gasteiger charge is -2.19. The minimum absolute atomic E-state index is 0.000760. The number of aliphatic hydroxyl groups is 2. The van der Waals surface area contributed by atoms with Gasteiger partial charge in [0.25, 0.3) is 0 Å². The van der Waals surface area contributed by atoms with E-state index in [2.05, 4.69) is 112 Å². The van der Waals surface area contributed by atoms with E-state index in [9.17, 15) is 15.0 Å². The van der Waals surface area contributed by atoms with Crippen molar-refractivity contribution >= 4 is 16.7 Å². The maximum Gasteiger partial charge on any atom is 0.335 e. The van der Waals surface area contributed by atoms with Crippen LogP contribution in [-0.4, -0.2) is 42.6 Å². The van der Waals surface area contributed by atoms with Crippen LogP contribution >= 0.6 is 0 Å². The minimum atomic E-state index is -0.639. The molecule has 0 aromatic heterocycles. The van der Waals surface area contributed by atoms with E-state index in [4.69, 9.17) is 9.47 Å². The SMILES string of the molecule is C=C(CO)C(=C)OCC(COC(=O)C(=C)CO)Cc1ccc(-c2ccc3cc(CCCCc4ccc(CCCCC)c(CC)c4)ccc3c2)cc1. The van der Waals surface area contributed by atoms with Gasteiger partial charge >= 0.3 is 5.97 Å². The first-order valence-corrected chi connectivity index (χ1v) is 18.5. The van der Waals surface area contributed by atoms with Crippen molar-refractivity contribution in [3.05, 3.63) is 143 Å². The number of ether oxygens (including phenoxy) is 2. The molecular formula is C46H56O5. The van der Waals surface area contributed by atoms with Crippen molar-refractivity contribution < 1.29 is 24.5 Å². The summed E-state index contributed by atoms with van der Waals surface area (Å²) in [6.45, 7) is 15.2. The molecule has 0 spiro atoms. The smallest absolute Gasteiger partial charge is 0.335 e. The zero-order chi connectivity index (χ0) is 36.6. The summed E-state index contributed by atoms with van der Waals surface area (Å²) in [4.78, 5) is 12.1. The first-order valence-electron chi connectivity index (χ1n) is 18.5. The monoisotopic (exact) mass is 688 g/mol. The highest BCUT2D eigenvalue weighted by Gasteiger charge is 2.17. The Morgan fingerprint density at radius 2 is 1.22 bits per heavy atom. The number of esters is 1. The van der Waals surface area contributed by atoms with Crippen molar-refractivity contribution in [1.29, 1.82) is 0 Å². The van der Waals surface area contributed by atoms with Crippen LogP contribution in [0.3, 0.4) is 0 Å². The zero-order valence-electron chi connectivity index (χ0n) is 30.7. The Bertz CT molecular complexity index is 1730. The van der Waals surface area contributed by atoms with E-state index < -0.39 is 12.6 Å². The van der Waals surface area contributed by atoms with E-state index in [0.717, 1.165) is 36.0 Å². The third kappa shape index (κ3) is 12.1. The number of benzene rings is 4. The van der Waals surface area contributed by atoms with Crippen LogP contribution in [0.1, 0.15) is 73.8 Å². The molecule has 0 saturated heterocycles. The van der Waals surface area contributed by atoms with E-state index in [1.165, 1.54) is 71.6 Å². The molecule has 1 atom stereocenters. The molecule has 5 nitrogen and oxygen atoms in total. The molecule has 4 rings (SSSR count). The van der Waals surface area contributed by atoms with Gasteiger partial charge in [0.05, 0.1) is 32.0 Å². The normalized spacial score (nSPS) is 11.7. The molecule has 0 bridgehead atoms. The predicted octanol–water partition coefficient (Wildman–Crippen LogP) is 9.70. The first kappa shape index (κ1) is 39.3. The fraction of sp³-hybridized carbons (Fsp3) is 0.370. The van der Waals surface area contributed by atoms with Crippen molar-refractivity contribution in [2.24, 2.45) is 5.92 Å². The van der Waals surface area contributed by atoms with Gasteiger partial charge in [0.15, 0.2) is 0 Å². The molecule has 0 radical (unpaired) electrons. The van der Waals surface area contributed by atoms with Crippen LogP contribution in [0.15, 0.2) is 116 Å². The maximum absolute atomic E-state index is 12.1. The highest BCUT2D eigenvalue weighted by Crippen LogP contribution is 2.27. The van der Waals surface area contributed by atoms with Crippen LogP contribution in [-0.2, 0) is 46.4 Å². The van der Waals surface area contributed by atoms with Gasteiger partial charge in [-0.1, -0.05) is 119 Å². The van der Waals surface area contributed by atoms with Gasteiger partial charge in [-0.25, -0.2) is 4.79 Å². The average molecular weight is 689 g/mol. The van der Waals surface area contributed by atoms with E-state index in [-0.39, 0.29) is 31.3 Å². The molecule has 4 aromatic carbocycles. The van der Waals surface area contributed by atoms with Crippen LogP contribution in [0.2, 0.25) is 0 Å². The Kier molecular flexibility index (Phi) is 15.7. The van der Waals surface area contributed by atoms with Crippen LogP contribution < -0.4 is 0 Å². The molecule has 0 heterocycles. The Morgan fingerprint density at radius 1 is 0.627 bits per heavy atom. The van der Waals surface area contributed by atoms with E-state index in [1.54, 1.807) is 0 Å². The Balaban J connectivity index is 1.33. The van der Waals surface area contributed by atoms with Crippen molar-refractivity contribution in [2.45, 2.75) is 78.1 Å². The van der Waals surface area contributed by atoms with E-state index in [0.29, 0.717) is 17.8 Å². The maximum atomic E-state index is 12.1. The highest BCUT2D eigenvalue weighted by molar-refractivity contribution is 5.88. The number of hydrogen-bond acceptors (Lipinski definition) is 5. The highest BCUT2D eigenvalue weighted by atomic mass is 16.5. The summed E-state index contributed by atoms with van der Waals surface area (Å²) >= 11 is 0. The molecule has 0 aliphatic heterocycles. The first-order chi connectivity index (χ1) is 24.7. The molecule has 270 valence electrons. The predicted molar refractivity (Wildman–Crippen MR) is 211 cm³/mol. The Hall–Kier alpha value is -4.45. The van der Waals surface area contributed by atoms with Crippen molar-refractivity contribution in [2.75, 3.05) is 26.4 Å². The number of unbranched alkanes of at least 4 members (excludes halogenated alkanes) is 3. The fourth-order valence-corrected chi connectivity index (χ4v) is 6.36. The van der Waals surface area contributed by atoms with Gasteiger partial charge < -0.3 is 19.7 Å². The van der Waals surface area contributed by atoms with Gasteiger partial charge in [0.2, 0.25) is 0 Å². The number of carbonyl (C=O) groups is 1. The number of aryl methyl sites for hydroxylation is 4. The number of fused-ring (bicyclic) bond motifs is 1. The molecule has 0 aliphatic carbocycles. The summed E-state index contributed by atoms with van der Waals surface area (Å²) in [6.07, 6.45) is 11.4. The van der Waals surface area contributed by atoms with Crippen LogP contribution in [0, 0.1) is 5.92 Å². The second kappa shape index (κ2) is 20.4. The topological polar surface area (TPSA) is 76.0 Å². The third-order valence-corrected chi connectivity index (χ3v) is 9.61. The van der Waals surface area contributed by atoms with Crippen molar-refractivity contribution in [1.82, 2.24) is 0 Å². The lowest BCUT2D eigenvalue weighted by atomic mass is 9.94. The van der Waals surface area contributed by atoms with Crippen LogP contribution in [0.4, 0.5) is 0 Å². The summed E-state index contributed by atoms with van der Waals surface area (Å²) in [6, 6.07) is 29.0. The third-order valence-electron chi connectivity index (χ3n) is 9.61. The van der Waals surface area contributed by atoms with E-state index >= 15 is 0 Å². The van der Waals surface area contributed by atoms with Crippen LogP contribution in [0.25, 0.3) is 21.9 Å². The Morgan fingerprint density at radius 3 is 1.90 bits per heavy atom. The summed E-state index contributed by atoms with van der Waals surface area (Å²) < 4.78 is 11.1. The zero-order valence-corrected chi connectivity index (χ0v) is 30.7. The summed E-state index contributed by atoms with van der Waals surface area (Å²) in [5, 5.41) is 21.0. The molecule has 5 heteroatoms. The Labute approximate surface area is 305 Å². The molecule has 1 unspecified atom stereocenters. The summed E-state index contributed by atoms with van der Waals surface area (Å²) in [5.74, 6) is -0.531. The molecule has 0 saturated carbocycles. The van der Waals surface area contributed by atoms with Gasteiger partial charge in [-0.3, -0.25) is 0 Å². The van der Waals surface area contributed by atoms with Gasteiger partial charge in [-0.2, -0.15) is 0 Å². The average Bonchev–Trinajstić information content (AvgIpc) is 3.16. The molecule has 0 amide bonds. The molecule has 0 aliphatic rings. The largest absolute Gasteiger partial charge is 0.493 e. The second-order valence-electron chi connectivity index (χ2n) is 13.6. The lowest BCUT2D eigenvalue weighted by molar-refractivity contribution is -0.141. The number of hydrogen-bond donors (Lipinski definition) is 2. The molecule has 0 fully saturated rings. The quantitative estimate of drug-likeness (QED) is 0.0283. The van der Waals surface area contributed by atoms with Crippen molar-refractivity contribution in [3.63, 3.8) is 0 Å². The molecular weight excluding hydrogens is 633 g/mol. The standard InChI is InChI=1S/C46H56O5/c1-6-8-9-14-41-19-15-36(26-40(41)7-2)12-10-11-13-37-18-22-45-28-44(24-23-43(45)27-37)42-20-16-38(17-21-42)25-39(31-50-35(5)33(3)29-47)32-51-46(49)34(4)30-48/h15-24,26-28,39,47-48H,3-14,25,29-32H2,1-2H3. The van der Waals surface area contributed by atoms with Crippen LogP contribution in [0.5, 0.6) is 0 Å². The number of rotatable bonds is 22. The second-order valence-corrected chi connectivity index (χ2v) is 13.6. The van der Waals surface area contributed by atoms with Gasteiger partial charge in [0.1, 0.15) is 5.76 Å². The lowest BCUT2D eigenvalue weighted by Crippen LogP contribution is -2.22. The van der Waals surface area contributed by atoms with Gasteiger partial charge in [0, 0.05) is 11.5 Å². The minimum Gasteiger partial charge on any atom is -0.493 e. The van der Waals surface area contributed by atoms with Gasteiger partial charge in [-0.15, -0.1) is 0 Å².